The summed E-state index contributed by atoms with van der Waals surface area (Å²) in [5, 5.41) is 17.1. The summed E-state index contributed by atoms with van der Waals surface area (Å²) in [6, 6.07) is 15.7. The van der Waals surface area contributed by atoms with E-state index in [1.54, 1.807) is 30.7 Å². The molecule has 9 nitrogen and oxygen atoms in total. The van der Waals surface area contributed by atoms with Gasteiger partial charge in [-0.25, -0.2) is 15.0 Å². The Morgan fingerprint density at radius 2 is 1.93 bits per heavy atom. The molecule has 0 saturated carbocycles. The monoisotopic (exact) mass is 555 g/mol. The van der Waals surface area contributed by atoms with Gasteiger partial charge in [-0.2, -0.15) is 5.26 Å². The molecule has 2 aromatic carbocycles. The summed E-state index contributed by atoms with van der Waals surface area (Å²) >= 11 is 1.55. The lowest BCUT2D eigenvalue weighted by molar-refractivity contribution is 0.237. The molecule has 206 valence electrons. The fraction of sp³-hybridized carbons (Fsp3) is 0.333. The second kappa shape index (κ2) is 12.8. The lowest BCUT2D eigenvalue weighted by Crippen LogP contribution is -2.25. The van der Waals surface area contributed by atoms with E-state index in [4.69, 9.17) is 19.4 Å². The number of aryl methyl sites for hydroxylation is 1. The van der Waals surface area contributed by atoms with E-state index in [0.717, 1.165) is 64.5 Å². The Balaban J connectivity index is 1.37. The standard InChI is InChI=1S/C30H33N7O2S/c1-4-32-30-36-27(21-8-7-20(2)26(18-21)38-3)28(40-30)24-11-12-33-29(35-24)34-23-9-10-25(22(17-23)19-31)39-16-15-37-13-5-6-14-37/h7-12,17-18H,4-6,13-16H2,1-3H3,(H,32,36)(H,33,34,35). The molecule has 0 bridgehead atoms. The lowest BCUT2D eigenvalue weighted by Gasteiger charge is -2.15. The highest BCUT2D eigenvalue weighted by molar-refractivity contribution is 7.19. The van der Waals surface area contributed by atoms with Crippen molar-refractivity contribution >= 4 is 28.1 Å². The van der Waals surface area contributed by atoms with Crippen LogP contribution >= 0.6 is 11.3 Å². The first-order valence-electron chi connectivity index (χ1n) is 13.5. The second-order valence-electron chi connectivity index (χ2n) is 9.52. The normalized spacial score (nSPS) is 13.2. The highest BCUT2D eigenvalue weighted by Gasteiger charge is 2.18. The Hall–Kier alpha value is -4.20. The third-order valence-electron chi connectivity index (χ3n) is 6.74. The number of hydrogen-bond donors (Lipinski definition) is 2. The Morgan fingerprint density at radius 1 is 1.07 bits per heavy atom. The molecule has 0 unspecified atom stereocenters. The lowest BCUT2D eigenvalue weighted by atomic mass is 10.1. The molecule has 4 aromatic rings. The fourth-order valence-corrected chi connectivity index (χ4v) is 5.70. The molecule has 0 aliphatic carbocycles. The molecule has 3 heterocycles. The summed E-state index contributed by atoms with van der Waals surface area (Å²) < 4.78 is 11.5. The molecule has 1 aliphatic rings. The molecule has 0 atom stereocenters. The number of aromatic nitrogens is 3. The highest BCUT2D eigenvalue weighted by atomic mass is 32.1. The summed E-state index contributed by atoms with van der Waals surface area (Å²) in [7, 11) is 1.67. The van der Waals surface area contributed by atoms with Crippen LogP contribution in [0.5, 0.6) is 11.5 Å². The summed E-state index contributed by atoms with van der Waals surface area (Å²) in [5.74, 6) is 1.82. The average molecular weight is 556 g/mol. The van der Waals surface area contributed by atoms with Crippen LogP contribution < -0.4 is 20.1 Å². The predicted octanol–water partition coefficient (Wildman–Crippen LogP) is 6.11. The van der Waals surface area contributed by atoms with E-state index in [-0.39, 0.29) is 0 Å². The van der Waals surface area contributed by atoms with Crippen molar-refractivity contribution in [2.45, 2.75) is 26.7 Å². The van der Waals surface area contributed by atoms with Crippen LogP contribution in [-0.2, 0) is 0 Å². The van der Waals surface area contributed by atoms with E-state index in [2.05, 4.69) is 26.6 Å². The first-order chi connectivity index (χ1) is 19.6. The molecule has 5 rings (SSSR count). The molecule has 0 amide bonds. The number of hydrogen-bond acceptors (Lipinski definition) is 10. The van der Waals surface area contributed by atoms with Gasteiger partial charge < -0.3 is 20.1 Å². The largest absolute Gasteiger partial charge is 0.496 e. The van der Waals surface area contributed by atoms with Crippen LogP contribution in [0.2, 0.25) is 0 Å². The summed E-state index contributed by atoms with van der Waals surface area (Å²) in [6.45, 7) is 8.49. The van der Waals surface area contributed by atoms with Crippen molar-refractivity contribution in [2.24, 2.45) is 0 Å². The second-order valence-corrected chi connectivity index (χ2v) is 10.5. The number of benzene rings is 2. The average Bonchev–Trinajstić information content (AvgIpc) is 3.65. The SMILES string of the molecule is CCNc1nc(-c2ccc(C)c(OC)c2)c(-c2ccnc(Nc3ccc(OCCN4CCCC4)c(C#N)c3)n2)s1. The van der Waals surface area contributed by atoms with Gasteiger partial charge in [-0.3, -0.25) is 4.90 Å². The van der Waals surface area contributed by atoms with Gasteiger partial charge in [0.1, 0.15) is 24.2 Å². The van der Waals surface area contributed by atoms with Crippen molar-refractivity contribution in [3.05, 3.63) is 59.8 Å². The topological polar surface area (TPSA) is 108 Å². The Morgan fingerprint density at radius 3 is 2.70 bits per heavy atom. The third-order valence-corrected chi connectivity index (χ3v) is 7.78. The van der Waals surface area contributed by atoms with Crippen molar-refractivity contribution in [2.75, 3.05) is 50.5 Å². The van der Waals surface area contributed by atoms with Crippen molar-refractivity contribution in [1.29, 1.82) is 5.26 Å². The van der Waals surface area contributed by atoms with E-state index in [1.165, 1.54) is 12.8 Å². The molecule has 10 heteroatoms. The first-order valence-corrected chi connectivity index (χ1v) is 14.3. The maximum absolute atomic E-state index is 9.73. The van der Waals surface area contributed by atoms with Crippen LogP contribution in [0, 0.1) is 18.3 Å². The maximum atomic E-state index is 9.73. The smallest absolute Gasteiger partial charge is 0.227 e. The Kier molecular flexibility index (Phi) is 8.74. The highest BCUT2D eigenvalue weighted by Crippen LogP contribution is 2.40. The van der Waals surface area contributed by atoms with Crippen molar-refractivity contribution in [1.82, 2.24) is 19.9 Å². The van der Waals surface area contributed by atoms with Crippen molar-refractivity contribution in [3.8, 4) is 39.4 Å². The predicted molar refractivity (Wildman–Crippen MR) is 160 cm³/mol. The number of nitrogens with zero attached hydrogens (tertiary/aromatic N) is 5. The van der Waals surface area contributed by atoms with Gasteiger partial charge >= 0.3 is 0 Å². The van der Waals surface area contributed by atoms with Crippen LogP contribution in [0.4, 0.5) is 16.8 Å². The van der Waals surface area contributed by atoms with Gasteiger partial charge in [-0.15, -0.1) is 0 Å². The van der Waals surface area contributed by atoms with E-state index < -0.39 is 0 Å². The van der Waals surface area contributed by atoms with Gasteiger partial charge in [0.25, 0.3) is 0 Å². The van der Waals surface area contributed by atoms with Gasteiger partial charge in [0.15, 0.2) is 5.13 Å². The Labute approximate surface area is 238 Å². The third kappa shape index (κ3) is 6.33. The molecular formula is C30H33N7O2S. The van der Waals surface area contributed by atoms with E-state index >= 15 is 0 Å². The molecule has 2 N–H and O–H groups in total. The van der Waals surface area contributed by atoms with Crippen LogP contribution in [0.3, 0.4) is 0 Å². The van der Waals surface area contributed by atoms with E-state index in [0.29, 0.717) is 29.6 Å². The summed E-state index contributed by atoms with van der Waals surface area (Å²) in [4.78, 5) is 17.4. The minimum atomic E-state index is 0.426. The first kappa shape index (κ1) is 27.4. The molecule has 40 heavy (non-hydrogen) atoms. The fourth-order valence-electron chi connectivity index (χ4n) is 4.67. The minimum Gasteiger partial charge on any atom is -0.496 e. The number of nitrogens with one attached hydrogen (secondary N) is 2. The molecule has 1 fully saturated rings. The molecule has 1 aliphatic heterocycles. The summed E-state index contributed by atoms with van der Waals surface area (Å²) in [6.07, 6.45) is 4.21. The van der Waals surface area contributed by atoms with Crippen molar-refractivity contribution in [3.63, 3.8) is 0 Å². The zero-order valence-electron chi connectivity index (χ0n) is 23.0. The number of nitriles is 1. The van der Waals surface area contributed by atoms with Crippen molar-refractivity contribution < 1.29 is 9.47 Å². The zero-order valence-corrected chi connectivity index (χ0v) is 23.8. The van der Waals surface area contributed by atoms with Crippen LogP contribution in [0.15, 0.2) is 48.7 Å². The number of methoxy groups -OCH3 is 1. The van der Waals surface area contributed by atoms with Gasteiger partial charge in [-0.05, 0) is 75.7 Å². The molecule has 1 saturated heterocycles. The molecule has 0 radical (unpaired) electrons. The summed E-state index contributed by atoms with van der Waals surface area (Å²) in [5.41, 5.74) is 4.76. The van der Waals surface area contributed by atoms with Gasteiger partial charge in [0, 0.05) is 30.5 Å². The van der Waals surface area contributed by atoms with E-state index in [9.17, 15) is 5.26 Å². The zero-order chi connectivity index (χ0) is 27.9. The number of thiazole rings is 1. The van der Waals surface area contributed by atoms with E-state index in [1.807, 2.05) is 50.2 Å². The quantitative estimate of drug-likeness (QED) is 0.227. The van der Waals surface area contributed by atoms with Crippen LogP contribution in [-0.4, -0.2) is 59.7 Å². The maximum Gasteiger partial charge on any atom is 0.227 e. The van der Waals surface area contributed by atoms with Gasteiger partial charge in [0.05, 0.1) is 28.9 Å². The number of rotatable bonds is 11. The van der Waals surface area contributed by atoms with Crippen LogP contribution in [0.1, 0.15) is 30.9 Å². The molecule has 0 spiro atoms. The number of ether oxygens (including phenoxy) is 2. The Bertz CT molecular complexity index is 1510. The number of anilines is 3. The molecule has 2 aromatic heterocycles. The minimum absolute atomic E-state index is 0.426. The van der Waals surface area contributed by atoms with Gasteiger partial charge in [0.2, 0.25) is 5.95 Å². The van der Waals surface area contributed by atoms with Crippen LogP contribution in [0.25, 0.3) is 21.8 Å². The van der Waals surface area contributed by atoms with Gasteiger partial charge in [-0.1, -0.05) is 23.5 Å². The molecular weight excluding hydrogens is 522 g/mol. The number of likely N-dealkylation sites (tertiary alicyclic amines) is 1.